The molecule has 0 unspecified atom stereocenters. The Hall–Kier alpha value is -1.19. The Morgan fingerprint density at radius 1 is 1.12 bits per heavy atom. The summed E-state index contributed by atoms with van der Waals surface area (Å²) in [5, 5.41) is 5.42. The lowest BCUT2D eigenvalue weighted by Gasteiger charge is -2.06. The summed E-state index contributed by atoms with van der Waals surface area (Å²) in [7, 11) is 0. The second-order valence-corrected chi connectivity index (χ2v) is 4.51. The number of anilines is 1. The van der Waals surface area contributed by atoms with E-state index in [2.05, 4.69) is 5.10 Å². The highest BCUT2D eigenvalue weighted by Gasteiger charge is 2.09. The zero-order valence-electron chi connectivity index (χ0n) is 8.96. The number of aryl methyl sites for hydroxylation is 2. The Labute approximate surface area is 104 Å². The summed E-state index contributed by atoms with van der Waals surface area (Å²) in [5.41, 5.74) is 8.27. The number of hydrogen-bond donors (Lipinski definition) is 1. The fourth-order valence-electron chi connectivity index (χ4n) is 1.41. The van der Waals surface area contributed by atoms with E-state index < -0.39 is 0 Å². The first-order chi connectivity index (χ1) is 7.49. The van der Waals surface area contributed by atoms with E-state index in [-0.39, 0.29) is 0 Å². The number of nitrogen functional groups attached to an aromatic ring is 1. The number of nitrogens with zero attached hydrogens (tertiary/aromatic N) is 2. The minimum atomic E-state index is 0.493. The van der Waals surface area contributed by atoms with Gasteiger partial charge in [-0.15, -0.1) is 0 Å². The largest absolute Gasteiger partial charge is 0.382 e. The minimum absolute atomic E-state index is 0.493. The Morgan fingerprint density at radius 3 is 2.38 bits per heavy atom. The van der Waals surface area contributed by atoms with Gasteiger partial charge < -0.3 is 5.73 Å². The molecule has 84 valence electrons. The first-order valence-electron chi connectivity index (χ1n) is 4.77. The van der Waals surface area contributed by atoms with Crippen LogP contribution in [0, 0.1) is 13.8 Å². The minimum Gasteiger partial charge on any atom is -0.382 e. The number of aromatic nitrogens is 2. The number of halogens is 2. The van der Waals surface area contributed by atoms with Crippen molar-refractivity contribution >= 4 is 29.0 Å². The molecular formula is C11H11Cl2N3. The summed E-state index contributed by atoms with van der Waals surface area (Å²) < 4.78 is 1.64. The molecule has 1 aromatic heterocycles. The monoisotopic (exact) mass is 255 g/mol. The molecule has 0 aliphatic carbocycles. The molecule has 3 nitrogen and oxygen atoms in total. The maximum atomic E-state index is 6.14. The van der Waals surface area contributed by atoms with Crippen molar-refractivity contribution in [1.82, 2.24) is 9.78 Å². The molecule has 0 bridgehead atoms. The third-order valence-electron chi connectivity index (χ3n) is 2.41. The smallest absolute Gasteiger partial charge is 0.148 e. The van der Waals surface area contributed by atoms with Gasteiger partial charge >= 0.3 is 0 Å². The van der Waals surface area contributed by atoms with Gasteiger partial charge in [-0.05, 0) is 31.5 Å². The molecule has 2 rings (SSSR count). The quantitative estimate of drug-likeness (QED) is 0.849. The third kappa shape index (κ3) is 1.88. The standard InChI is InChI=1S/C11H11Cl2N3/c1-6-3-9(13)10(4-8(6)12)16-5-7(2)11(14)15-16/h3-5H,1-2H3,(H2,14,15). The summed E-state index contributed by atoms with van der Waals surface area (Å²) in [6.07, 6.45) is 1.82. The van der Waals surface area contributed by atoms with Crippen molar-refractivity contribution in [2.24, 2.45) is 0 Å². The van der Waals surface area contributed by atoms with Gasteiger partial charge in [0.05, 0.1) is 10.7 Å². The van der Waals surface area contributed by atoms with E-state index in [0.29, 0.717) is 15.9 Å². The predicted molar refractivity (Wildman–Crippen MR) is 67.5 cm³/mol. The van der Waals surface area contributed by atoms with E-state index in [4.69, 9.17) is 28.9 Å². The molecule has 1 heterocycles. The second-order valence-electron chi connectivity index (χ2n) is 3.69. The first-order valence-corrected chi connectivity index (χ1v) is 5.52. The Bertz CT molecular complexity index is 527. The maximum Gasteiger partial charge on any atom is 0.148 e. The Morgan fingerprint density at radius 2 is 1.81 bits per heavy atom. The van der Waals surface area contributed by atoms with Gasteiger partial charge in [-0.3, -0.25) is 0 Å². The van der Waals surface area contributed by atoms with Gasteiger partial charge in [0.1, 0.15) is 5.82 Å². The van der Waals surface area contributed by atoms with E-state index in [0.717, 1.165) is 16.8 Å². The van der Waals surface area contributed by atoms with Crippen LogP contribution in [0.4, 0.5) is 5.82 Å². The molecule has 2 N–H and O–H groups in total. The molecule has 0 amide bonds. The van der Waals surface area contributed by atoms with Crippen molar-refractivity contribution in [2.45, 2.75) is 13.8 Å². The number of benzene rings is 1. The third-order valence-corrected chi connectivity index (χ3v) is 3.12. The average Bonchev–Trinajstić information content (AvgIpc) is 2.53. The van der Waals surface area contributed by atoms with Gasteiger partial charge in [0.2, 0.25) is 0 Å². The molecule has 1 aromatic carbocycles. The van der Waals surface area contributed by atoms with E-state index in [1.165, 1.54) is 0 Å². The second kappa shape index (κ2) is 4.00. The van der Waals surface area contributed by atoms with Gasteiger partial charge in [0, 0.05) is 16.8 Å². The highest BCUT2D eigenvalue weighted by Crippen LogP contribution is 2.28. The van der Waals surface area contributed by atoms with E-state index in [1.54, 1.807) is 10.7 Å². The molecule has 0 aliphatic rings. The van der Waals surface area contributed by atoms with Gasteiger partial charge in [-0.2, -0.15) is 5.10 Å². The number of rotatable bonds is 1. The van der Waals surface area contributed by atoms with Crippen LogP contribution in [0.15, 0.2) is 18.3 Å². The molecule has 16 heavy (non-hydrogen) atoms. The zero-order chi connectivity index (χ0) is 11.9. The zero-order valence-corrected chi connectivity index (χ0v) is 10.5. The van der Waals surface area contributed by atoms with Crippen LogP contribution < -0.4 is 5.73 Å². The van der Waals surface area contributed by atoms with Gasteiger partial charge in [0.25, 0.3) is 0 Å². The molecule has 0 radical (unpaired) electrons. The fourth-order valence-corrected chi connectivity index (χ4v) is 1.87. The van der Waals surface area contributed by atoms with Crippen LogP contribution in [0.1, 0.15) is 11.1 Å². The first kappa shape index (κ1) is 11.3. The lowest BCUT2D eigenvalue weighted by molar-refractivity contribution is 0.885. The molecular weight excluding hydrogens is 245 g/mol. The predicted octanol–water partition coefficient (Wildman–Crippen LogP) is 3.38. The molecule has 0 aliphatic heterocycles. The summed E-state index contributed by atoms with van der Waals surface area (Å²) in [6.45, 7) is 3.79. The molecule has 5 heteroatoms. The lowest BCUT2D eigenvalue weighted by atomic mass is 10.2. The van der Waals surface area contributed by atoms with Crippen LogP contribution in [0.2, 0.25) is 10.0 Å². The number of nitrogens with two attached hydrogens (primary N) is 1. The summed E-state index contributed by atoms with van der Waals surface area (Å²) in [5.74, 6) is 0.493. The van der Waals surface area contributed by atoms with Crippen LogP contribution >= 0.6 is 23.2 Å². The van der Waals surface area contributed by atoms with Crippen LogP contribution in [0.5, 0.6) is 0 Å². The summed E-state index contributed by atoms with van der Waals surface area (Å²) in [4.78, 5) is 0. The van der Waals surface area contributed by atoms with Crippen molar-refractivity contribution < 1.29 is 0 Å². The van der Waals surface area contributed by atoms with Crippen molar-refractivity contribution in [3.05, 3.63) is 39.5 Å². The van der Waals surface area contributed by atoms with Crippen LogP contribution in [-0.4, -0.2) is 9.78 Å². The van der Waals surface area contributed by atoms with Crippen LogP contribution in [-0.2, 0) is 0 Å². The SMILES string of the molecule is Cc1cc(Cl)c(-n2cc(C)c(N)n2)cc1Cl. The average molecular weight is 256 g/mol. The van der Waals surface area contributed by atoms with Gasteiger partial charge in [0.15, 0.2) is 0 Å². The number of hydrogen-bond acceptors (Lipinski definition) is 2. The normalized spacial score (nSPS) is 10.8. The fraction of sp³-hybridized carbons (Fsp3) is 0.182. The van der Waals surface area contributed by atoms with E-state index in [1.807, 2.05) is 26.1 Å². The molecule has 0 fully saturated rings. The van der Waals surface area contributed by atoms with E-state index in [9.17, 15) is 0 Å². The van der Waals surface area contributed by atoms with E-state index >= 15 is 0 Å². The summed E-state index contributed by atoms with van der Waals surface area (Å²) >= 11 is 12.2. The Kier molecular flexibility index (Phi) is 2.82. The van der Waals surface area contributed by atoms with Crippen molar-refractivity contribution in [1.29, 1.82) is 0 Å². The molecule has 2 aromatic rings. The Balaban J connectivity index is 2.60. The van der Waals surface area contributed by atoms with Crippen LogP contribution in [0.3, 0.4) is 0 Å². The molecule has 0 saturated heterocycles. The highest BCUT2D eigenvalue weighted by atomic mass is 35.5. The van der Waals surface area contributed by atoms with Crippen molar-refractivity contribution in [2.75, 3.05) is 5.73 Å². The molecule has 0 spiro atoms. The molecule has 0 atom stereocenters. The molecule has 0 saturated carbocycles. The maximum absolute atomic E-state index is 6.14. The van der Waals surface area contributed by atoms with Crippen molar-refractivity contribution in [3.63, 3.8) is 0 Å². The lowest BCUT2D eigenvalue weighted by Crippen LogP contribution is -1.97. The van der Waals surface area contributed by atoms with Gasteiger partial charge in [-0.25, -0.2) is 4.68 Å². The topological polar surface area (TPSA) is 43.8 Å². The highest BCUT2D eigenvalue weighted by molar-refractivity contribution is 6.35. The summed E-state index contributed by atoms with van der Waals surface area (Å²) in [6, 6.07) is 3.59. The van der Waals surface area contributed by atoms with Crippen LogP contribution in [0.25, 0.3) is 5.69 Å². The van der Waals surface area contributed by atoms with Gasteiger partial charge in [-0.1, -0.05) is 23.2 Å². The van der Waals surface area contributed by atoms with Crippen molar-refractivity contribution in [3.8, 4) is 5.69 Å².